The summed E-state index contributed by atoms with van der Waals surface area (Å²) in [5, 5.41) is 1.43. The summed E-state index contributed by atoms with van der Waals surface area (Å²) in [6.45, 7) is 1.31. The van der Waals surface area contributed by atoms with Gasteiger partial charge in [-0.15, -0.1) is 0 Å². The molecule has 0 aromatic rings. The summed E-state index contributed by atoms with van der Waals surface area (Å²) in [6.07, 6.45) is 0. The number of halogens is 4. The van der Waals surface area contributed by atoms with Crippen LogP contribution in [-0.2, 0) is 0 Å². The van der Waals surface area contributed by atoms with Crippen molar-refractivity contribution < 1.29 is 4.79 Å². The van der Waals surface area contributed by atoms with Crippen LogP contribution in [0.5, 0.6) is 0 Å². The standard InChI is InChI=1S/C7H11Br4NOS/c8-1-5(10)3-12(7(13)14)4-6(11)2-9/h5-6H,1-4H2,(H,13,14). The predicted molar refractivity (Wildman–Crippen MR) is 79.0 cm³/mol. The highest BCUT2D eigenvalue weighted by atomic mass is 79.9. The van der Waals surface area contributed by atoms with Gasteiger partial charge in [-0.2, -0.15) is 0 Å². The van der Waals surface area contributed by atoms with Crippen molar-refractivity contribution in [1.29, 1.82) is 0 Å². The van der Waals surface area contributed by atoms with E-state index in [1.54, 1.807) is 4.90 Å². The number of thiol groups is 1. The highest BCUT2D eigenvalue weighted by Gasteiger charge is 2.17. The predicted octanol–water partition coefficient (Wildman–Crippen LogP) is 3.66. The summed E-state index contributed by atoms with van der Waals surface area (Å²) in [5.74, 6) is 0. The van der Waals surface area contributed by atoms with E-state index < -0.39 is 0 Å². The SMILES string of the molecule is O=C(S)N(CC(Br)CBr)CC(Br)CBr. The number of alkyl halides is 4. The molecule has 0 bridgehead atoms. The van der Waals surface area contributed by atoms with Crippen LogP contribution in [0.4, 0.5) is 4.79 Å². The summed E-state index contributed by atoms with van der Waals surface area (Å²) < 4.78 is 0. The Kier molecular flexibility index (Phi) is 9.94. The smallest absolute Gasteiger partial charge is 0.278 e. The van der Waals surface area contributed by atoms with E-state index in [1.165, 1.54) is 0 Å². The van der Waals surface area contributed by atoms with Crippen molar-refractivity contribution in [1.82, 2.24) is 4.90 Å². The molecule has 0 radical (unpaired) electrons. The molecule has 0 saturated carbocycles. The monoisotopic (exact) mass is 473 g/mol. The number of amides is 1. The molecular weight excluding hydrogens is 466 g/mol. The van der Waals surface area contributed by atoms with Crippen LogP contribution >= 0.6 is 76.3 Å². The topological polar surface area (TPSA) is 20.3 Å². The van der Waals surface area contributed by atoms with E-state index in [2.05, 4.69) is 76.3 Å². The van der Waals surface area contributed by atoms with Crippen LogP contribution in [0.25, 0.3) is 0 Å². The quantitative estimate of drug-likeness (QED) is 0.458. The van der Waals surface area contributed by atoms with Crippen molar-refractivity contribution in [3.05, 3.63) is 0 Å². The Hall–Kier alpha value is 1.74. The molecule has 0 fully saturated rings. The summed E-state index contributed by atoms with van der Waals surface area (Å²) in [6, 6.07) is 0. The minimum absolute atomic E-state index is 0.194. The van der Waals surface area contributed by atoms with E-state index in [4.69, 9.17) is 0 Å². The maximum atomic E-state index is 11.2. The molecule has 0 aromatic heterocycles. The Bertz CT molecular complexity index is 171. The molecule has 0 N–H and O–H groups in total. The lowest BCUT2D eigenvalue weighted by Gasteiger charge is -2.24. The van der Waals surface area contributed by atoms with E-state index in [9.17, 15) is 4.79 Å². The van der Waals surface area contributed by atoms with Gasteiger partial charge in [-0.05, 0) is 0 Å². The minimum Gasteiger partial charge on any atom is -0.332 e. The Balaban J connectivity index is 4.09. The van der Waals surface area contributed by atoms with Crippen LogP contribution in [0.15, 0.2) is 0 Å². The number of nitrogens with zero attached hydrogens (tertiary/aromatic N) is 1. The Morgan fingerprint density at radius 1 is 1.14 bits per heavy atom. The number of rotatable bonds is 6. The average molecular weight is 477 g/mol. The highest BCUT2D eigenvalue weighted by Crippen LogP contribution is 2.12. The van der Waals surface area contributed by atoms with E-state index in [0.29, 0.717) is 13.1 Å². The van der Waals surface area contributed by atoms with Gasteiger partial charge in [0.25, 0.3) is 5.24 Å². The van der Waals surface area contributed by atoms with Crippen LogP contribution in [0.3, 0.4) is 0 Å². The summed E-state index contributed by atoms with van der Waals surface area (Å²) in [5.41, 5.74) is 0. The normalized spacial score (nSPS) is 14.9. The molecule has 7 heteroatoms. The first kappa shape index (κ1) is 15.7. The second kappa shape index (κ2) is 8.84. The second-order valence-corrected chi connectivity index (χ2v) is 6.96. The fraction of sp³-hybridized carbons (Fsp3) is 0.857. The van der Waals surface area contributed by atoms with Gasteiger partial charge in [0.2, 0.25) is 0 Å². The van der Waals surface area contributed by atoms with Gasteiger partial charge in [0.1, 0.15) is 0 Å². The molecule has 0 rings (SSSR count). The zero-order valence-corrected chi connectivity index (χ0v) is 14.5. The molecule has 84 valence electrons. The first-order chi connectivity index (χ1) is 6.51. The number of carbonyl (C=O) groups excluding carboxylic acids is 1. The lowest BCUT2D eigenvalue weighted by atomic mass is 10.4. The van der Waals surface area contributed by atoms with Gasteiger partial charge in [-0.3, -0.25) is 4.79 Å². The molecule has 2 unspecified atom stereocenters. The van der Waals surface area contributed by atoms with Crippen LogP contribution < -0.4 is 0 Å². The summed E-state index contributed by atoms with van der Waals surface area (Å²) >= 11 is 17.4. The van der Waals surface area contributed by atoms with E-state index in [1.807, 2.05) is 0 Å². The van der Waals surface area contributed by atoms with Gasteiger partial charge < -0.3 is 4.90 Å². The third kappa shape index (κ3) is 7.09. The van der Waals surface area contributed by atoms with Gasteiger partial charge in [0, 0.05) is 33.4 Å². The van der Waals surface area contributed by atoms with E-state index in [-0.39, 0.29) is 14.9 Å². The third-order valence-electron chi connectivity index (χ3n) is 1.44. The van der Waals surface area contributed by atoms with E-state index >= 15 is 0 Å². The molecule has 0 aliphatic rings. The van der Waals surface area contributed by atoms with Crippen LogP contribution in [0, 0.1) is 0 Å². The molecule has 2 atom stereocenters. The average Bonchev–Trinajstić information content (AvgIpc) is 2.16. The fourth-order valence-electron chi connectivity index (χ4n) is 0.807. The maximum Gasteiger partial charge on any atom is 0.278 e. The Morgan fingerprint density at radius 3 is 1.71 bits per heavy atom. The highest BCUT2D eigenvalue weighted by molar-refractivity contribution is 9.12. The Labute approximate surface area is 123 Å². The van der Waals surface area contributed by atoms with Gasteiger partial charge in [-0.25, -0.2) is 0 Å². The number of hydrogen-bond donors (Lipinski definition) is 1. The van der Waals surface area contributed by atoms with Crippen molar-refractivity contribution in [2.45, 2.75) is 9.65 Å². The van der Waals surface area contributed by atoms with Crippen molar-refractivity contribution in [3.63, 3.8) is 0 Å². The van der Waals surface area contributed by atoms with Gasteiger partial charge in [0.05, 0.1) is 0 Å². The lowest BCUT2D eigenvalue weighted by Crippen LogP contribution is -2.37. The second-order valence-electron chi connectivity index (χ2n) is 2.69. The zero-order chi connectivity index (χ0) is 11.1. The molecule has 0 aromatic carbocycles. The molecule has 0 heterocycles. The molecule has 1 amide bonds. The molecule has 2 nitrogen and oxygen atoms in total. The first-order valence-electron chi connectivity index (χ1n) is 3.89. The first-order valence-corrected chi connectivity index (χ1v) is 8.41. The Morgan fingerprint density at radius 2 is 1.50 bits per heavy atom. The molecular formula is C7H11Br4NOS. The number of carbonyl (C=O) groups is 1. The molecule has 0 spiro atoms. The molecule has 0 aliphatic carbocycles. The lowest BCUT2D eigenvalue weighted by molar-refractivity contribution is 0.225. The summed E-state index contributed by atoms with van der Waals surface area (Å²) in [4.78, 5) is 13.4. The van der Waals surface area contributed by atoms with Crippen LogP contribution in [0.1, 0.15) is 0 Å². The van der Waals surface area contributed by atoms with Crippen molar-refractivity contribution in [2.24, 2.45) is 0 Å². The van der Waals surface area contributed by atoms with Crippen molar-refractivity contribution >= 4 is 81.6 Å². The van der Waals surface area contributed by atoms with Crippen LogP contribution in [-0.4, -0.2) is 43.5 Å². The van der Waals surface area contributed by atoms with Gasteiger partial charge in [-0.1, -0.05) is 76.3 Å². The molecule has 14 heavy (non-hydrogen) atoms. The molecule has 0 saturated heterocycles. The minimum atomic E-state index is -0.194. The van der Waals surface area contributed by atoms with E-state index in [0.717, 1.165) is 10.7 Å². The maximum absolute atomic E-state index is 11.2. The van der Waals surface area contributed by atoms with Gasteiger partial charge in [0.15, 0.2) is 0 Å². The summed E-state index contributed by atoms with van der Waals surface area (Å²) in [7, 11) is 0. The van der Waals surface area contributed by atoms with Crippen molar-refractivity contribution in [2.75, 3.05) is 23.7 Å². The van der Waals surface area contributed by atoms with Crippen LogP contribution in [0.2, 0.25) is 0 Å². The fourth-order valence-corrected chi connectivity index (χ4v) is 2.08. The number of hydrogen-bond acceptors (Lipinski definition) is 1. The zero-order valence-electron chi connectivity index (χ0n) is 7.30. The third-order valence-corrected chi connectivity index (χ3v) is 6.25. The largest absolute Gasteiger partial charge is 0.332 e. The van der Waals surface area contributed by atoms with Crippen molar-refractivity contribution in [3.8, 4) is 0 Å². The van der Waals surface area contributed by atoms with Gasteiger partial charge >= 0.3 is 0 Å². The molecule has 0 aliphatic heterocycles.